The average Bonchev–Trinajstić information content (AvgIpc) is 3.29. The van der Waals surface area contributed by atoms with Crippen LogP contribution in [0, 0.1) is 0 Å². The number of hydrogen-bond acceptors (Lipinski definition) is 6. The second-order valence-corrected chi connectivity index (χ2v) is 9.53. The van der Waals surface area contributed by atoms with E-state index in [0.717, 1.165) is 22.4 Å². The van der Waals surface area contributed by atoms with Crippen molar-refractivity contribution in [2.75, 3.05) is 13.2 Å². The van der Waals surface area contributed by atoms with Gasteiger partial charge in [-0.05, 0) is 52.4 Å². The van der Waals surface area contributed by atoms with Crippen molar-refractivity contribution in [3.8, 4) is 5.75 Å². The number of rotatable bonds is 7. The summed E-state index contributed by atoms with van der Waals surface area (Å²) >= 11 is 6.48. The molecule has 0 unspecified atom stereocenters. The summed E-state index contributed by atoms with van der Waals surface area (Å²) in [6.45, 7) is 0.721. The van der Waals surface area contributed by atoms with Gasteiger partial charge in [-0.1, -0.05) is 60.1 Å². The summed E-state index contributed by atoms with van der Waals surface area (Å²) in [5, 5.41) is 30.3. The maximum absolute atomic E-state index is 10.2. The molecular formula is C28H29ClO6. The first-order valence-corrected chi connectivity index (χ1v) is 12.2. The lowest BCUT2D eigenvalue weighted by molar-refractivity contribution is -0.181. The highest BCUT2D eigenvalue weighted by Gasteiger charge is 2.37. The summed E-state index contributed by atoms with van der Waals surface area (Å²) in [5.41, 5.74) is 5.26. The number of ether oxygens (including phenoxy) is 3. The van der Waals surface area contributed by atoms with Gasteiger partial charge in [-0.2, -0.15) is 0 Å². The molecule has 1 saturated heterocycles. The van der Waals surface area contributed by atoms with Gasteiger partial charge < -0.3 is 29.5 Å². The fraction of sp³-hybridized carbons (Fsp3) is 0.357. The Morgan fingerprint density at radius 3 is 2.60 bits per heavy atom. The molecule has 6 nitrogen and oxygen atoms in total. The second kappa shape index (κ2) is 10.7. The number of aliphatic hydroxyl groups is 3. The largest absolute Gasteiger partial charge is 0.491 e. The summed E-state index contributed by atoms with van der Waals surface area (Å²) in [4.78, 5) is 0. The van der Waals surface area contributed by atoms with Crippen molar-refractivity contribution in [2.45, 2.75) is 50.0 Å². The molecule has 2 aliphatic heterocycles. The Kier molecular flexibility index (Phi) is 7.39. The van der Waals surface area contributed by atoms with Crippen LogP contribution in [0.15, 0.2) is 66.7 Å². The van der Waals surface area contributed by atoms with E-state index in [1.54, 1.807) is 0 Å². The summed E-state index contributed by atoms with van der Waals surface area (Å²) in [6, 6.07) is 21.8. The van der Waals surface area contributed by atoms with Crippen LogP contribution in [-0.2, 0) is 22.5 Å². The van der Waals surface area contributed by atoms with E-state index >= 15 is 0 Å². The minimum atomic E-state index is -1.10. The summed E-state index contributed by atoms with van der Waals surface area (Å²) in [6.07, 6.45) is -2.49. The van der Waals surface area contributed by atoms with Crippen molar-refractivity contribution in [3.63, 3.8) is 0 Å². The first kappa shape index (κ1) is 24.3. The number of hydrogen-bond donors (Lipinski definition) is 3. The van der Waals surface area contributed by atoms with Crippen molar-refractivity contribution in [1.29, 1.82) is 0 Å². The molecule has 1 fully saturated rings. The van der Waals surface area contributed by atoms with Crippen molar-refractivity contribution in [1.82, 2.24) is 0 Å². The lowest BCUT2D eigenvalue weighted by Crippen LogP contribution is -2.47. The van der Waals surface area contributed by atoms with Crippen LogP contribution in [0.2, 0.25) is 5.02 Å². The van der Waals surface area contributed by atoms with Gasteiger partial charge in [0, 0.05) is 11.4 Å². The van der Waals surface area contributed by atoms with E-state index in [1.165, 1.54) is 11.1 Å². The quantitative estimate of drug-likeness (QED) is 0.456. The predicted molar refractivity (Wildman–Crippen MR) is 131 cm³/mol. The third-order valence-corrected chi connectivity index (χ3v) is 7.12. The summed E-state index contributed by atoms with van der Waals surface area (Å²) < 4.78 is 17.7. The molecular weight excluding hydrogens is 468 g/mol. The van der Waals surface area contributed by atoms with Crippen LogP contribution in [0.25, 0.3) is 0 Å². The highest BCUT2D eigenvalue weighted by Crippen LogP contribution is 2.34. The highest BCUT2D eigenvalue weighted by molar-refractivity contribution is 6.31. The zero-order chi connectivity index (χ0) is 24.4. The minimum Gasteiger partial charge on any atom is -0.491 e. The molecule has 5 rings (SSSR count). The van der Waals surface area contributed by atoms with E-state index in [9.17, 15) is 15.3 Å². The topological polar surface area (TPSA) is 88.4 Å². The van der Waals surface area contributed by atoms with Gasteiger partial charge in [0.25, 0.3) is 0 Å². The number of benzene rings is 3. The lowest BCUT2D eigenvalue weighted by Gasteiger charge is -2.36. The Bertz CT molecular complexity index is 1150. The van der Waals surface area contributed by atoms with Crippen molar-refractivity contribution in [2.24, 2.45) is 0 Å². The molecule has 3 N–H and O–H groups in total. The van der Waals surface area contributed by atoms with Gasteiger partial charge in [0.15, 0.2) is 0 Å². The molecule has 0 amide bonds. The molecule has 0 aromatic heterocycles. The number of aliphatic hydroxyl groups excluding tert-OH is 3. The monoisotopic (exact) mass is 496 g/mol. The normalized spacial score (nSPS) is 25.9. The summed E-state index contributed by atoms with van der Waals surface area (Å²) in [7, 11) is 0. The lowest BCUT2D eigenvalue weighted by atomic mass is 9.92. The molecule has 184 valence electrons. The second-order valence-electron chi connectivity index (χ2n) is 9.12. The molecule has 2 heterocycles. The number of halogens is 1. The molecule has 2 aliphatic rings. The van der Waals surface area contributed by atoms with E-state index in [2.05, 4.69) is 12.1 Å². The molecule has 0 aliphatic carbocycles. The third kappa shape index (κ3) is 5.38. The molecule has 0 saturated carbocycles. The Balaban J connectivity index is 1.23. The van der Waals surface area contributed by atoms with Gasteiger partial charge in [0.2, 0.25) is 0 Å². The molecule has 35 heavy (non-hydrogen) atoms. The van der Waals surface area contributed by atoms with Crippen LogP contribution >= 0.6 is 11.6 Å². The van der Waals surface area contributed by atoms with Gasteiger partial charge in [-0.15, -0.1) is 0 Å². The van der Waals surface area contributed by atoms with Crippen LogP contribution < -0.4 is 4.74 Å². The van der Waals surface area contributed by atoms with Crippen LogP contribution in [-0.4, -0.2) is 46.8 Å². The third-order valence-electron chi connectivity index (χ3n) is 6.75. The van der Waals surface area contributed by atoms with Crippen molar-refractivity contribution in [3.05, 3.63) is 99.6 Å². The molecule has 7 heteroatoms. The van der Waals surface area contributed by atoms with Gasteiger partial charge in [0.1, 0.15) is 30.7 Å². The Labute approximate surface area is 209 Å². The van der Waals surface area contributed by atoms with Crippen LogP contribution in [0.1, 0.15) is 46.4 Å². The maximum Gasteiger partial charge on any atom is 0.119 e. The molecule has 0 bridgehead atoms. The fourth-order valence-corrected chi connectivity index (χ4v) is 4.93. The van der Waals surface area contributed by atoms with Crippen molar-refractivity contribution < 1.29 is 29.5 Å². The Morgan fingerprint density at radius 2 is 1.80 bits per heavy atom. The highest BCUT2D eigenvalue weighted by atomic mass is 35.5. The van der Waals surface area contributed by atoms with Gasteiger partial charge in [0.05, 0.1) is 25.4 Å². The molecule has 3 aromatic rings. The predicted octanol–water partition coefficient (Wildman–Crippen LogP) is 4.13. The van der Waals surface area contributed by atoms with Crippen molar-refractivity contribution >= 4 is 11.6 Å². The summed E-state index contributed by atoms with van der Waals surface area (Å²) in [5.74, 6) is 0.778. The molecule has 5 atom stereocenters. The van der Waals surface area contributed by atoms with Crippen LogP contribution in [0.4, 0.5) is 0 Å². The van der Waals surface area contributed by atoms with Gasteiger partial charge >= 0.3 is 0 Å². The first-order valence-electron chi connectivity index (χ1n) is 11.8. The molecule has 3 aromatic carbocycles. The number of fused-ring (bicyclic) bond motifs is 1. The SMILES string of the molecule is OC[C@H]1O[C@@H](c2ccc(Cl)c(Cc3ccc(OC[C@@H]4OCc5ccccc54)cc3)c2)C[C@@H](O)[C@@H]1O. The smallest absolute Gasteiger partial charge is 0.119 e. The van der Waals surface area contributed by atoms with Gasteiger partial charge in [-0.25, -0.2) is 0 Å². The Hall–Kier alpha value is -2.45. The van der Waals surface area contributed by atoms with E-state index < -0.39 is 24.4 Å². The average molecular weight is 497 g/mol. The van der Waals surface area contributed by atoms with E-state index in [1.807, 2.05) is 54.6 Å². The molecule has 0 spiro atoms. The molecule has 0 radical (unpaired) electrons. The fourth-order valence-electron chi connectivity index (χ4n) is 4.74. The standard InChI is InChI=1S/C28H29ClO6/c29-23-10-7-18(25-13-24(31)28(32)26(14-30)35-25)12-20(23)11-17-5-8-21(9-6-17)33-16-27-22-4-2-1-3-19(22)15-34-27/h1-10,12,24-28,30-32H,11,13-16H2/t24-,25-,26-,27+,28+/m1/s1. The van der Waals surface area contributed by atoms with Crippen LogP contribution in [0.3, 0.4) is 0 Å². The maximum atomic E-state index is 10.2. The minimum absolute atomic E-state index is 0.0560. The Morgan fingerprint density at radius 1 is 1.00 bits per heavy atom. The van der Waals surface area contributed by atoms with Crippen LogP contribution in [0.5, 0.6) is 5.75 Å². The zero-order valence-electron chi connectivity index (χ0n) is 19.2. The first-order chi connectivity index (χ1) is 17.0. The van der Waals surface area contributed by atoms with E-state index in [4.69, 9.17) is 25.8 Å². The van der Waals surface area contributed by atoms with E-state index in [-0.39, 0.29) is 19.1 Å². The van der Waals surface area contributed by atoms with E-state index in [0.29, 0.717) is 24.7 Å². The zero-order valence-corrected chi connectivity index (χ0v) is 20.0. The van der Waals surface area contributed by atoms with Gasteiger partial charge in [-0.3, -0.25) is 0 Å².